The summed E-state index contributed by atoms with van der Waals surface area (Å²) in [6.45, 7) is 3.17. The fourth-order valence-electron chi connectivity index (χ4n) is 1.38. The molecule has 6 heteroatoms. The van der Waals surface area contributed by atoms with Gasteiger partial charge in [0, 0.05) is 18.8 Å². The molecule has 6 nitrogen and oxygen atoms in total. The van der Waals surface area contributed by atoms with Gasteiger partial charge in [0.15, 0.2) is 0 Å². The van der Waals surface area contributed by atoms with Gasteiger partial charge >= 0.3 is 0 Å². The fraction of sp³-hybridized carbons (Fsp3) is 0.273. The van der Waals surface area contributed by atoms with Crippen molar-refractivity contribution in [2.75, 3.05) is 11.9 Å². The van der Waals surface area contributed by atoms with E-state index in [9.17, 15) is 4.79 Å². The van der Waals surface area contributed by atoms with E-state index in [-0.39, 0.29) is 5.56 Å². The highest BCUT2D eigenvalue weighted by atomic mass is 16.1. The Labute approximate surface area is 98.4 Å². The quantitative estimate of drug-likeness (QED) is 0.830. The first kappa shape index (κ1) is 11.3. The minimum absolute atomic E-state index is 0.0995. The molecule has 0 aliphatic carbocycles. The number of nitrogens with zero attached hydrogens (tertiary/aromatic N) is 4. The number of hydrogen-bond donors (Lipinski definition) is 1. The van der Waals surface area contributed by atoms with Gasteiger partial charge in [-0.2, -0.15) is 0 Å². The molecule has 0 spiro atoms. The fourth-order valence-corrected chi connectivity index (χ4v) is 1.38. The van der Waals surface area contributed by atoms with E-state index in [1.54, 1.807) is 12.4 Å². The first-order chi connectivity index (χ1) is 8.29. The van der Waals surface area contributed by atoms with E-state index in [2.05, 4.69) is 20.3 Å². The molecule has 2 rings (SSSR count). The molecular weight excluding hydrogens is 218 g/mol. The Bertz CT molecular complexity index is 534. The highest BCUT2D eigenvalue weighted by Gasteiger charge is 1.99. The van der Waals surface area contributed by atoms with Crippen LogP contribution in [-0.4, -0.2) is 26.1 Å². The lowest BCUT2D eigenvalue weighted by Gasteiger charge is -2.05. The molecule has 88 valence electrons. The van der Waals surface area contributed by atoms with Gasteiger partial charge in [0.05, 0.1) is 31.0 Å². The third-order valence-corrected chi connectivity index (χ3v) is 2.19. The molecule has 0 saturated carbocycles. The molecule has 0 amide bonds. The predicted octanol–water partition coefficient (Wildman–Crippen LogP) is 0.513. The molecule has 0 aliphatic rings. The molecule has 17 heavy (non-hydrogen) atoms. The molecule has 0 aromatic carbocycles. The maximum absolute atomic E-state index is 11.5. The highest BCUT2D eigenvalue weighted by Crippen LogP contribution is 2.01. The van der Waals surface area contributed by atoms with E-state index in [1.807, 2.05) is 6.92 Å². The lowest BCUT2D eigenvalue weighted by atomic mass is 10.4. The molecule has 0 bridgehead atoms. The van der Waals surface area contributed by atoms with Gasteiger partial charge in [-0.15, -0.1) is 0 Å². The molecule has 2 aromatic heterocycles. The van der Waals surface area contributed by atoms with Crippen molar-refractivity contribution in [3.8, 4) is 0 Å². The van der Waals surface area contributed by atoms with Crippen molar-refractivity contribution >= 4 is 5.82 Å². The molecule has 2 aromatic rings. The SMILES string of the molecule is CCNc1cnc(Cn2cnccc2=O)cn1. The molecule has 0 atom stereocenters. The van der Waals surface area contributed by atoms with Crippen LogP contribution in [-0.2, 0) is 6.54 Å². The van der Waals surface area contributed by atoms with E-state index >= 15 is 0 Å². The molecule has 0 aliphatic heterocycles. The van der Waals surface area contributed by atoms with Crippen molar-refractivity contribution in [3.63, 3.8) is 0 Å². The largest absolute Gasteiger partial charge is 0.369 e. The van der Waals surface area contributed by atoms with E-state index in [4.69, 9.17) is 0 Å². The van der Waals surface area contributed by atoms with Crippen molar-refractivity contribution in [2.24, 2.45) is 0 Å². The Balaban J connectivity index is 2.14. The van der Waals surface area contributed by atoms with E-state index in [0.717, 1.165) is 18.1 Å². The summed E-state index contributed by atoms with van der Waals surface area (Å²) < 4.78 is 1.48. The van der Waals surface area contributed by atoms with Crippen LogP contribution in [0.4, 0.5) is 5.82 Å². The summed E-state index contributed by atoms with van der Waals surface area (Å²) >= 11 is 0. The van der Waals surface area contributed by atoms with Crippen molar-refractivity contribution in [2.45, 2.75) is 13.5 Å². The summed E-state index contributed by atoms with van der Waals surface area (Å²) in [6, 6.07) is 1.42. The van der Waals surface area contributed by atoms with E-state index in [1.165, 1.54) is 23.2 Å². The van der Waals surface area contributed by atoms with Crippen LogP contribution < -0.4 is 10.9 Å². The topological polar surface area (TPSA) is 72.7 Å². The maximum Gasteiger partial charge on any atom is 0.253 e. The van der Waals surface area contributed by atoms with Crippen molar-refractivity contribution in [1.82, 2.24) is 19.5 Å². The Hall–Kier alpha value is -2.24. The summed E-state index contributed by atoms with van der Waals surface area (Å²) in [5.74, 6) is 0.731. The summed E-state index contributed by atoms with van der Waals surface area (Å²) in [7, 11) is 0. The van der Waals surface area contributed by atoms with Crippen LogP contribution in [0, 0.1) is 0 Å². The van der Waals surface area contributed by atoms with Crippen LogP contribution in [0.15, 0.2) is 35.8 Å². The van der Waals surface area contributed by atoms with Gasteiger partial charge in [0.1, 0.15) is 5.82 Å². The van der Waals surface area contributed by atoms with Gasteiger partial charge in [-0.3, -0.25) is 14.3 Å². The molecule has 2 heterocycles. The lowest BCUT2D eigenvalue weighted by molar-refractivity contribution is 0.715. The predicted molar refractivity (Wildman–Crippen MR) is 63.8 cm³/mol. The second kappa shape index (κ2) is 5.20. The minimum atomic E-state index is -0.0995. The Kier molecular flexibility index (Phi) is 3.44. The molecule has 1 N–H and O–H groups in total. The third kappa shape index (κ3) is 2.87. The molecule has 0 fully saturated rings. The summed E-state index contributed by atoms with van der Waals surface area (Å²) in [4.78, 5) is 23.8. The molecule has 0 unspecified atom stereocenters. The van der Waals surface area contributed by atoms with Crippen molar-refractivity contribution in [3.05, 3.63) is 47.0 Å². The Morgan fingerprint density at radius 3 is 2.88 bits per heavy atom. The first-order valence-corrected chi connectivity index (χ1v) is 5.35. The average Bonchev–Trinajstić information content (AvgIpc) is 2.35. The van der Waals surface area contributed by atoms with Gasteiger partial charge in [0.25, 0.3) is 5.56 Å². The smallest absolute Gasteiger partial charge is 0.253 e. The number of aromatic nitrogens is 4. The monoisotopic (exact) mass is 231 g/mol. The van der Waals surface area contributed by atoms with E-state index in [0.29, 0.717) is 6.54 Å². The standard InChI is InChI=1S/C11H13N5O/c1-2-13-10-6-14-9(5-15-10)7-16-8-12-4-3-11(16)17/h3-6,8H,2,7H2,1H3,(H,13,15). The molecule has 0 radical (unpaired) electrons. The Morgan fingerprint density at radius 2 is 2.24 bits per heavy atom. The second-order valence-corrected chi connectivity index (χ2v) is 3.47. The van der Waals surface area contributed by atoms with Crippen LogP contribution in [0.2, 0.25) is 0 Å². The first-order valence-electron chi connectivity index (χ1n) is 5.35. The van der Waals surface area contributed by atoms with Gasteiger partial charge in [-0.25, -0.2) is 9.97 Å². The molecular formula is C11H13N5O. The number of anilines is 1. The highest BCUT2D eigenvalue weighted by molar-refractivity contribution is 5.30. The Morgan fingerprint density at radius 1 is 1.35 bits per heavy atom. The van der Waals surface area contributed by atoms with Crippen LogP contribution in [0.25, 0.3) is 0 Å². The zero-order valence-corrected chi connectivity index (χ0v) is 9.50. The van der Waals surface area contributed by atoms with Gasteiger partial charge in [-0.05, 0) is 6.92 Å². The summed E-state index contributed by atoms with van der Waals surface area (Å²) in [5.41, 5.74) is 0.624. The average molecular weight is 231 g/mol. The second-order valence-electron chi connectivity index (χ2n) is 3.47. The van der Waals surface area contributed by atoms with Gasteiger partial charge in [0.2, 0.25) is 0 Å². The summed E-state index contributed by atoms with van der Waals surface area (Å²) in [5, 5.41) is 3.06. The van der Waals surface area contributed by atoms with Crippen molar-refractivity contribution < 1.29 is 0 Å². The summed E-state index contributed by atoms with van der Waals surface area (Å²) in [6.07, 6.45) is 6.26. The van der Waals surface area contributed by atoms with Crippen LogP contribution in [0.1, 0.15) is 12.6 Å². The normalized spacial score (nSPS) is 10.2. The van der Waals surface area contributed by atoms with Crippen molar-refractivity contribution in [1.29, 1.82) is 0 Å². The lowest BCUT2D eigenvalue weighted by Crippen LogP contribution is -2.20. The maximum atomic E-state index is 11.5. The molecule has 0 saturated heterocycles. The van der Waals surface area contributed by atoms with Gasteiger partial charge in [-0.1, -0.05) is 0 Å². The van der Waals surface area contributed by atoms with Gasteiger partial charge < -0.3 is 5.32 Å². The zero-order chi connectivity index (χ0) is 12.1. The number of hydrogen-bond acceptors (Lipinski definition) is 5. The number of rotatable bonds is 4. The number of nitrogens with one attached hydrogen (secondary N) is 1. The minimum Gasteiger partial charge on any atom is -0.369 e. The van der Waals surface area contributed by atoms with E-state index < -0.39 is 0 Å². The van der Waals surface area contributed by atoms with Crippen LogP contribution >= 0.6 is 0 Å². The third-order valence-electron chi connectivity index (χ3n) is 2.19. The van der Waals surface area contributed by atoms with Crippen LogP contribution in [0.3, 0.4) is 0 Å². The zero-order valence-electron chi connectivity index (χ0n) is 9.50. The van der Waals surface area contributed by atoms with Crippen LogP contribution in [0.5, 0.6) is 0 Å².